The average Bonchev–Trinajstić information content (AvgIpc) is 2.79. The number of hydrogen-bond donors (Lipinski definition) is 4. The van der Waals surface area contributed by atoms with Crippen LogP contribution >= 0.6 is 0 Å². The van der Waals surface area contributed by atoms with Crippen LogP contribution in [-0.2, 0) is 11.8 Å². The monoisotopic (exact) mass is 465 g/mol. The lowest BCUT2D eigenvalue weighted by atomic mass is 9.89. The summed E-state index contributed by atoms with van der Waals surface area (Å²) in [6, 6.07) is 10.8. The fourth-order valence-corrected chi connectivity index (χ4v) is 3.80. The van der Waals surface area contributed by atoms with Crippen molar-refractivity contribution in [3.05, 3.63) is 75.7 Å². The van der Waals surface area contributed by atoms with Crippen molar-refractivity contribution in [1.29, 1.82) is 0 Å². The Morgan fingerprint density at radius 3 is 2.47 bits per heavy atom. The number of benzene rings is 2. The van der Waals surface area contributed by atoms with Crippen molar-refractivity contribution in [2.45, 2.75) is 26.3 Å². The standard InChI is InChI=1S/C25H27N3O6/c1-14-7-5-6-8-17(14)18-11-16(34-4)12-19(15(18)2)20(13-22(30)31)26-25(33)27-23-21(29)9-10-28(3)24(23)32/h5-12,20,29H,13H2,1-4H3,(H,30,31)(H2,26,27,33). The number of aliphatic carboxylic acids is 1. The molecule has 1 heterocycles. The third-order valence-electron chi connectivity index (χ3n) is 5.64. The number of carbonyl (C=O) groups excluding carboxylic acids is 1. The number of methoxy groups -OCH3 is 1. The van der Waals surface area contributed by atoms with Gasteiger partial charge in [-0.3, -0.25) is 9.59 Å². The SMILES string of the molecule is COc1cc(-c2ccccc2C)c(C)c(C(CC(=O)O)NC(=O)Nc2c(O)ccn(C)c2=O)c1. The van der Waals surface area contributed by atoms with Crippen molar-refractivity contribution in [2.75, 3.05) is 12.4 Å². The van der Waals surface area contributed by atoms with E-state index in [1.807, 2.05) is 44.2 Å². The number of carboxylic acids is 1. The van der Waals surface area contributed by atoms with E-state index in [0.29, 0.717) is 11.3 Å². The minimum absolute atomic E-state index is 0.306. The smallest absolute Gasteiger partial charge is 0.319 e. The number of ether oxygens (including phenoxy) is 1. The largest absolute Gasteiger partial charge is 0.505 e. The molecule has 0 aliphatic heterocycles. The van der Waals surface area contributed by atoms with Crippen LogP contribution in [0.2, 0.25) is 0 Å². The lowest BCUT2D eigenvalue weighted by Crippen LogP contribution is -2.36. The molecule has 3 aromatic rings. The van der Waals surface area contributed by atoms with Crippen molar-refractivity contribution in [2.24, 2.45) is 7.05 Å². The zero-order valence-corrected chi connectivity index (χ0v) is 19.4. The highest BCUT2D eigenvalue weighted by Crippen LogP contribution is 2.36. The highest BCUT2D eigenvalue weighted by atomic mass is 16.5. The lowest BCUT2D eigenvalue weighted by Gasteiger charge is -2.23. The van der Waals surface area contributed by atoms with Crippen molar-refractivity contribution in [1.82, 2.24) is 9.88 Å². The summed E-state index contributed by atoms with van der Waals surface area (Å²) in [7, 11) is 2.99. The van der Waals surface area contributed by atoms with Crippen molar-refractivity contribution >= 4 is 17.7 Å². The molecule has 34 heavy (non-hydrogen) atoms. The number of rotatable bonds is 7. The highest BCUT2D eigenvalue weighted by molar-refractivity contribution is 5.91. The number of nitrogens with zero attached hydrogens (tertiary/aromatic N) is 1. The van der Waals surface area contributed by atoms with Gasteiger partial charge in [-0.25, -0.2) is 4.79 Å². The van der Waals surface area contributed by atoms with E-state index in [2.05, 4.69) is 10.6 Å². The fourth-order valence-electron chi connectivity index (χ4n) is 3.80. The minimum atomic E-state index is -1.12. The Kier molecular flexibility index (Phi) is 7.25. The Bertz CT molecular complexity index is 1300. The van der Waals surface area contributed by atoms with Crippen molar-refractivity contribution in [3.8, 4) is 22.6 Å². The molecule has 0 saturated heterocycles. The third-order valence-corrected chi connectivity index (χ3v) is 5.64. The van der Waals surface area contributed by atoms with E-state index in [0.717, 1.165) is 22.3 Å². The number of carbonyl (C=O) groups is 2. The summed E-state index contributed by atoms with van der Waals surface area (Å²) in [6.45, 7) is 3.82. The Hall–Kier alpha value is -4.27. The zero-order valence-electron chi connectivity index (χ0n) is 19.4. The first kappa shape index (κ1) is 24.4. The second-order valence-electron chi connectivity index (χ2n) is 7.95. The van der Waals surface area contributed by atoms with Crippen LogP contribution in [0.1, 0.15) is 29.2 Å². The van der Waals surface area contributed by atoms with Crippen LogP contribution in [0.4, 0.5) is 10.5 Å². The van der Waals surface area contributed by atoms with Crippen LogP contribution in [0.3, 0.4) is 0 Å². The van der Waals surface area contributed by atoms with Crippen molar-refractivity contribution < 1.29 is 24.5 Å². The molecule has 0 saturated carbocycles. The van der Waals surface area contributed by atoms with Gasteiger partial charge in [0.1, 0.15) is 11.5 Å². The fraction of sp³-hybridized carbons (Fsp3) is 0.240. The second-order valence-corrected chi connectivity index (χ2v) is 7.95. The Morgan fingerprint density at radius 2 is 1.82 bits per heavy atom. The highest BCUT2D eigenvalue weighted by Gasteiger charge is 2.24. The van der Waals surface area contributed by atoms with Gasteiger partial charge in [0.25, 0.3) is 5.56 Å². The van der Waals surface area contributed by atoms with Crippen molar-refractivity contribution in [3.63, 3.8) is 0 Å². The molecular formula is C25H27N3O6. The van der Waals surface area contributed by atoms with Gasteiger partial charge in [0.2, 0.25) is 0 Å². The van der Waals surface area contributed by atoms with Crippen LogP contribution in [0, 0.1) is 13.8 Å². The molecule has 1 aromatic heterocycles. The van der Waals surface area contributed by atoms with E-state index in [-0.39, 0.29) is 5.69 Å². The molecule has 0 spiro atoms. The molecule has 3 rings (SSSR count). The molecule has 0 fully saturated rings. The van der Waals surface area contributed by atoms with Gasteiger partial charge >= 0.3 is 12.0 Å². The van der Waals surface area contributed by atoms with Gasteiger partial charge in [0.15, 0.2) is 5.69 Å². The zero-order chi connectivity index (χ0) is 25.0. The van der Waals surface area contributed by atoms with Crippen LogP contribution in [0.25, 0.3) is 11.1 Å². The van der Waals surface area contributed by atoms with Gasteiger partial charge < -0.3 is 30.2 Å². The van der Waals surface area contributed by atoms with E-state index in [9.17, 15) is 24.6 Å². The van der Waals surface area contributed by atoms with E-state index in [4.69, 9.17) is 4.74 Å². The molecule has 4 N–H and O–H groups in total. The quantitative estimate of drug-likeness (QED) is 0.421. The Labute approximate surface area is 196 Å². The number of urea groups is 1. The number of aromatic nitrogens is 1. The normalized spacial score (nSPS) is 11.5. The number of carboxylic acid groups (broad SMARTS) is 1. The summed E-state index contributed by atoms with van der Waals surface area (Å²) in [5, 5.41) is 24.5. The Morgan fingerprint density at radius 1 is 1.12 bits per heavy atom. The molecule has 0 bridgehead atoms. The van der Waals surface area contributed by atoms with E-state index in [1.165, 1.54) is 31.0 Å². The predicted molar refractivity (Wildman–Crippen MR) is 128 cm³/mol. The first-order valence-corrected chi connectivity index (χ1v) is 10.5. The average molecular weight is 466 g/mol. The van der Waals surface area contributed by atoms with Crippen LogP contribution < -0.4 is 20.9 Å². The maximum atomic E-state index is 12.8. The molecule has 0 aliphatic carbocycles. The lowest BCUT2D eigenvalue weighted by molar-refractivity contribution is -0.137. The summed E-state index contributed by atoms with van der Waals surface area (Å²) in [5.41, 5.74) is 3.25. The summed E-state index contributed by atoms with van der Waals surface area (Å²) < 4.78 is 6.66. The first-order valence-electron chi connectivity index (χ1n) is 10.5. The summed E-state index contributed by atoms with van der Waals surface area (Å²) in [4.78, 5) is 36.7. The summed E-state index contributed by atoms with van der Waals surface area (Å²) in [6.07, 6.45) is 0.952. The first-order chi connectivity index (χ1) is 16.1. The number of nitrogens with one attached hydrogen (secondary N) is 2. The molecule has 2 amide bonds. The van der Waals surface area contributed by atoms with Gasteiger partial charge in [0, 0.05) is 13.2 Å². The number of aromatic hydroxyl groups is 1. The number of hydrogen-bond acceptors (Lipinski definition) is 5. The number of aryl methyl sites for hydroxylation is 2. The number of anilines is 1. The molecule has 1 atom stereocenters. The Balaban J connectivity index is 2.03. The number of pyridine rings is 1. The van der Waals surface area contributed by atoms with Gasteiger partial charge in [0.05, 0.1) is 19.6 Å². The predicted octanol–water partition coefficient (Wildman–Crippen LogP) is 3.72. The molecule has 1 unspecified atom stereocenters. The maximum Gasteiger partial charge on any atom is 0.319 e. The molecule has 0 aliphatic rings. The summed E-state index contributed by atoms with van der Waals surface area (Å²) >= 11 is 0. The van der Waals surface area contributed by atoms with Crippen LogP contribution in [0.5, 0.6) is 11.5 Å². The maximum absolute atomic E-state index is 12.8. The third kappa shape index (κ3) is 5.20. The van der Waals surface area contributed by atoms with Crippen LogP contribution in [-0.4, -0.2) is 33.9 Å². The molecule has 0 radical (unpaired) electrons. The van der Waals surface area contributed by atoms with Gasteiger partial charge in [-0.1, -0.05) is 24.3 Å². The molecule has 2 aromatic carbocycles. The molecule has 178 valence electrons. The van der Waals surface area contributed by atoms with Gasteiger partial charge in [-0.05, 0) is 59.9 Å². The van der Waals surface area contributed by atoms with E-state index in [1.54, 1.807) is 6.07 Å². The summed E-state index contributed by atoms with van der Waals surface area (Å²) in [5.74, 6) is -1.01. The molecular weight excluding hydrogens is 438 g/mol. The second kappa shape index (κ2) is 10.1. The van der Waals surface area contributed by atoms with Gasteiger partial charge in [-0.2, -0.15) is 0 Å². The van der Waals surface area contributed by atoms with E-state index >= 15 is 0 Å². The number of amides is 2. The minimum Gasteiger partial charge on any atom is -0.505 e. The molecule has 9 heteroatoms. The van der Waals surface area contributed by atoms with Gasteiger partial charge in [-0.15, -0.1) is 0 Å². The van der Waals surface area contributed by atoms with E-state index < -0.39 is 35.8 Å². The molecule has 9 nitrogen and oxygen atoms in total. The van der Waals surface area contributed by atoms with Crippen LogP contribution in [0.15, 0.2) is 53.5 Å². The topological polar surface area (TPSA) is 130 Å².